The average Bonchev–Trinajstić information content (AvgIpc) is 2.41. The molecule has 0 aromatic heterocycles. The number of nitrogens with two attached hydrogens (primary N) is 1. The second kappa shape index (κ2) is 5.90. The Labute approximate surface area is 116 Å². The molecule has 0 aliphatic heterocycles. The molecule has 4 N–H and O–H groups in total. The molecular formula is C14H17FN2O3. The highest BCUT2D eigenvalue weighted by Gasteiger charge is 2.27. The highest BCUT2D eigenvalue weighted by molar-refractivity contribution is 5.93. The molecule has 1 fully saturated rings. The van der Waals surface area contributed by atoms with E-state index in [0.717, 1.165) is 12.8 Å². The number of aliphatic carboxylic acids is 1. The molecule has 2 rings (SSSR count). The van der Waals surface area contributed by atoms with Crippen molar-refractivity contribution in [2.45, 2.75) is 31.7 Å². The number of amides is 1. The normalized spacial score (nSPS) is 22.2. The molecule has 1 aliphatic carbocycles. The zero-order chi connectivity index (χ0) is 14.7. The molecule has 0 bridgehead atoms. The first-order chi connectivity index (χ1) is 9.47. The number of carboxylic acid groups (broad SMARTS) is 1. The van der Waals surface area contributed by atoms with Crippen molar-refractivity contribution < 1.29 is 19.1 Å². The number of hydrogen-bond acceptors (Lipinski definition) is 3. The summed E-state index contributed by atoms with van der Waals surface area (Å²) in [6.45, 7) is 0. The molecule has 0 spiro atoms. The van der Waals surface area contributed by atoms with Crippen LogP contribution in [0, 0.1) is 11.7 Å². The van der Waals surface area contributed by atoms with Crippen LogP contribution < -0.4 is 11.1 Å². The quantitative estimate of drug-likeness (QED) is 0.786. The topological polar surface area (TPSA) is 92.4 Å². The first-order valence-corrected chi connectivity index (χ1v) is 6.56. The fourth-order valence-electron chi connectivity index (χ4n) is 2.55. The third-order valence-corrected chi connectivity index (χ3v) is 3.63. The van der Waals surface area contributed by atoms with Gasteiger partial charge in [-0.15, -0.1) is 0 Å². The van der Waals surface area contributed by atoms with Crippen molar-refractivity contribution in [3.05, 3.63) is 29.6 Å². The number of primary amides is 1. The predicted octanol–water partition coefficient (Wildman–Crippen LogP) is 1.98. The van der Waals surface area contributed by atoms with Crippen LogP contribution in [0.1, 0.15) is 36.0 Å². The van der Waals surface area contributed by atoms with Crippen LogP contribution in [0.15, 0.2) is 18.2 Å². The minimum Gasteiger partial charge on any atom is -0.481 e. The van der Waals surface area contributed by atoms with Crippen molar-refractivity contribution >= 4 is 17.6 Å². The predicted molar refractivity (Wildman–Crippen MR) is 71.9 cm³/mol. The fraction of sp³-hybridized carbons (Fsp3) is 0.429. The Morgan fingerprint density at radius 1 is 1.35 bits per heavy atom. The van der Waals surface area contributed by atoms with Crippen LogP contribution in [0.5, 0.6) is 0 Å². The summed E-state index contributed by atoms with van der Waals surface area (Å²) in [7, 11) is 0. The maximum Gasteiger partial charge on any atom is 0.306 e. The van der Waals surface area contributed by atoms with Gasteiger partial charge >= 0.3 is 5.97 Å². The van der Waals surface area contributed by atoms with Gasteiger partial charge in [-0.05, 0) is 37.5 Å². The lowest BCUT2D eigenvalue weighted by Gasteiger charge is -2.28. The third kappa shape index (κ3) is 3.26. The second-order valence-corrected chi connectivity index (χ2v) is 5.10. The molecule has 5 nitrogen and oxygen atoms in total. The van der Waals surface area contributed by atoms with E-state index in [-0.39, 0.29) is 17.3 Å². The largest absolute Gasteiger partial charge is 0.481 e. The summed E-state index contributed by atoms with van der Waals surface area (Å²) < 4.78 is 13.7. The van der Waals surface area contributed by atoms with Crippen molar-refractivity contribution in [1.29, 1.82) is 0 Å². The van der Waals surface area contributed by atoms with Gasteiger partial charge in [-0.2, -0.15) is 0 Å². The Kier molecular flexibility index (Phi) is 4.22. The first kappa shape index (κ1) is 14.3. The van der Waals surface area contributed by atoms with Gasteiger partial charge in [-0.1, -0.05) is 6.42 Å². The molecule has 1 aliphatic rings. The SMILES string of the molecule is NC(=O)c1ccc(F)c(NC2CCCC(C(=O)O)C2)c1. The van der Waals surface area contributed by atoms with Gasteiger partial charge in [0.05, 0.1) is 11.6 Å². The molecule has 2 unspecified atom stereocenters. The van der Waals surface area contributed by atoms with Gasteiger partial charge < -0.3 is 16.2 Å². The van der Waals surface area contributed by atoms with Crippen LogP contribution in [-0.2, 0) is 4.79 Å². The molecule has 1 saturated carbocycles. The van der Waals surface area contributed by atoms with Gasteiger partial charge in [-0.3, -0.25) is 9.59 Å². The monoisotopic (exact) mass is 280 g/mol. The number of carbonyl (C=O) groups excluding carboxylic acids is 1. The Balaban J connectivity index is 2.11. The van der Waals surface area contributed by atoms with E-state index in [4.69, 9.17) is 10.8 Å². The number of benzene rings is 1. The highest BCUT2D eigenvalue weighted by atomic mass is 19.1. The standard InChI is InChI=1S/C14H17FN2O3/c15-11-5-4-8(13(16)18)7-12(11)17-10-3-1-2-9(6-10)14(19)20/h4-5,7,9-10,17H,1-3,6H2,(H2,16,18)(H,19,20). The van der Waals surface area contributed by atoms with Crippen LogP contribution in [-0.4, -0.2) is 23.0 Å². The van der Waals surface area contributed by atoms with E-state index in [1.54, 1.807) is 0 Å². The van der Waals surface area contributed by atoms with Crippen molar-refractivity contribution in [2.75, 3.05) is 5.32 Å². The van der Waals surface area contributed by atoms with Gasteiger partial charge in [0.15, 0.2) is 0 Å². The molecule has 6 heteroatoms. The van der Waals surface area contributed by atoms with Gasteiger partial charge in [-0.25, -0.2) is 4.39 Å². The van der Waals surface area contributed by atoms with Crippen molar-refractivity contribution in [3.8, 4) is 0 Å². The van der Waals surface area contributed by atoms with Crippen LogP contribution in [0.4, 0.5) is 10.1 Å². The van der Waals surface area contributed by atoms with Crippen LogP contribution >= 0.6 is 0 Å². The number of hydrogen-bond donors (Lipinski definition) is 3. The van der Waals surface area contributed by atoms with E-state index < -0.39 is 23.6 Å². The number of nitrogens with one attached hydrogen (secondary N) is 1. The third-order valence-electron chi connectivity index (χ3n) is 3.63. The van der Waals surface area contributed by atoms with Crippen LogP contribution in [0.2, 0.25) is 0 Å². The summed E-state index contributed by atoms with van der Waals surface area (Å²) >= 11 is 0. The summed E-state index contributed by atoms with van der Waals surface area (Å²) in [5.74, 6) is -2.32. The summed E-state index contributed by atoms with van der Waals surface area (Å²) in [4.78, 5) is 22.1. The molecule has 1 aromatic carbocycles. The van der Waals surface area contributed by atoms with Gasteiger partial charge in [0.2, 0.25) is 5.91 Å². The zero-order valence-corrected chi connectivity index (χ0v) is 10.9. The second-order valence-electron chi connectivity index (χ2n) is 5.10. The van der Waals surface area contributed by atoms with E-state index in [9.17, 15) is 14.0 Å². The van der Waals surface area contributed by atoms with E-state index in [0.29, 0.717) is 12.8 Å². The van der Waals surface area contributed by atoms with Gasteiger partial charge in [0.25, 0.3) is 0 Å². The molecule has 2 atom stereocenters. The molecule has 0 saturated heterocycles. The van der Waals surface area contributed by atoms with Crippen molar-refractivity contribution in [3.63, 3.8) is 0 Å². The van der Waals surface area contributed by atoms with Crippen LogP contribution in [0.3, 0.4) is 0 Å². The highest BCUT2D eigenvalue weighted by Crippen LogP contribution is 2.28. The molecule has 1 aromatic rings. The van der Waals surface area contributed by atoms with E-state index in [1.165, 1.54) is 18.2 Å². The zero-order valence-electron chi connectivity index (χ0n) is 10.9. The number of carbonyl (C=O) groups is 2. The number of halogens is 1. The smallest absolute Gasteiger partial charge is 0.306 e. The summed E-state index contributed by atoms with van der Waals surface area (Å²) in [5.41, 5.74) is 5.57. The number of rotatable bonds is 4. The Morgan fingerprint density at radius 3 is 2.75 bits per heavy atom. The molecule has 108 valence electrons. The Morgan fingerprint density at radius 2 is 2.10 bits per heavy atom. The molecule has 0 radical (unpaired) electrons. The maximum absolute atomic E-state index is 13.7. The molecular weight excluding hydrogens is 263 g/mol. The lowest BCUT2D eigenvalue weighted by Crippen LogP contribution is -2.31. The van der Waals surface area contributed by atoms with E-state index >= 15 is 0 Å². The summed E-state index contributed by atoms with van der Waals surface area (Å²) in [6, 6.07) is 3.76. The molecule has 20 heavy (non-hydrogen) atoms. The fourth-order valence-corrected chi connectivity index (χ4v) is 2.55. The van der Waals surface area contributed by atoms with Crippen molar-refractivity contribution in [2.24, 2.45) is 11.7 Å². The number of anilines is 1. The number of carboxylic acids is 1. The Hall–Kier alpha value is -2.11. The van der Waals surface area contributed by atoms with E-state index in [1.807, 2.05) is 0 Å². The van der Waals surface area contributed by atoms with Gasteiger partial charge in [0.1, 0.15) is 5.82 Å². The maximum atomic E-state index is 13.7. The minimum atomic E-state index is -0.817. The lowest BCUT2D eigenvalue weighted by molar-refractivity contribution is -0.142. The minimum absolute atomic E-state index is 0.109. The van der Waals surface area contributed by atoms with Crippen LogP contribution in [0.25, 0.3) is 0 Å². The summed E-state index contributed by atoms with van der Waals surface area (Å²) in [5, 5.41) is 12.0. The van der Waals surface area contributed by atoms with Gasteiger partial charge in [0, 0.05) is 11.6 Å². The average molecular weight is 280 g/mol. The van der Waals surface area contributed by atoms with Crippen molar-refractivity contribution in [1.82, 2.24) is 0 Å². The molecule has 0 heterocycles. The molecule has 1 amide bonds. The lowest BCUT2D eigenvalue weighted by atomic mass is 9.85. The van der Waals surface area contributed by atoms with E-state index in [2.05, 4.69) is 5.32 Å². The Bertz CT molecular complexity index is 533. The first-order valence-electron chi connectivity index (χ1n) is 6.56. The summed E-state index contributed by atoms with van der Waals surface area (Å²) in [6.07, 6.45) is 2.67.